The lowest BCUT2D eigenvalue weighted by Crippen LogP contribution is -2.32. The third-order valence-electron chi connectivity index (χ3n) is 3.08. The molecule has 0 amide bonds. The molecule has 1 atom stereocenters. The number of nitrogens with one attached hydrogen (secondary N) is 1. The number of halogens is 1. The SMILES string of the molecule is Cc1cc(OCC(O)CNCC2CC2)ccc1Cl. The number of aliphatic hydroxyl groups excluding tert-OH is 1. The third kappa shape index (κ3) is 4.48. The van der Waals surface area contributed by atoms with Gasteiger partial charge in [-0.1, -0.05) is 11.6 Å². The summed E-state index contributed by atoms with van der Waals surface area (Å²) in [4.78, 5) is 0. The van der Waals surface area contributed by atoms with Gasteiger partial charge in [0.05, 0.1) is 0 Å². The summed E-state index contributed by atoms with van der Waals surface area (Å²) < 4.78 is 5.53. The average molecular weight is 270 g/mol. The van der Waals surface area contributed by atoms with E-state index in [0.717, 1.165) is 28.8 Å². The molecule has 0 bridgehead atoms. The second kappa shape index (κ2) is 6.41. The normalized spacial score (nSPS) is 16.6. The first kappa shape index (κ1) is 13.7. The number of ether oxygens (including phenoxy) is 1. The molecule has 1 aliphatic rings. The number of rotatable bonds is 7. The number of aryl methyl sites for hydroxylation is 1. The van der Waals surface area contributed by atoms with E-state index in [1.807, 2.05) is 25.1 Å². The van der Waals surface area contributed by atoms with E-state index in [0.29, 0.717) is 13.2 Å². The highest BCUT2D eigenvalue weighted by Gasteiger charge is 2.20. The number of aliphatic hydroxyl groups is 1. The molecule has 1 aromatic rings. The van der Waals surface area contributed by atoms with Crippen LogP contribution in [0.4, 0.5) is 0 Å². The first-order valence-electron chi connectivity index (χ1n) is 6.43. The molecule has 1 aliphatic carbocycles. The van der Waals surface area contributed by atoms with Gasteiger partial charge in [0, 0.05) is 11.6 Å². The van der Waals surface area contributed by atoms with Gasteiger partial charge in [0.1, 0.15) is 18.5 Å². The largest absolute Gasteiger partial charge is 0.491 e. The molecule has 1 unspecified atom stereocenters. The maximum Gasteiger partial charge on any atom is 0.119 e. The predicted octanol–water partition coefficient (Wildman–Crippen LogP) is 2.39. The van der Waals surface area contributed by atoms with Crippen LogP contribution < -0.4 is 10.1 Å². The quantitative estimate of drug-likeness (QED) is 0.799. The van der Waals surface area contributed by atoms with Gasteiger partial charge >= 0.3 is 0 Å². The molecular formula is C14H20ClNO2. The van der Waals surface area contributed by atoms with Gasteiger partial charge in [0.2, 0.25) is 0 Å². The third-order valence-corrected chi connectivity index (χ3v) is 3.51. The standard InChI is InChI=1S/C14H20ClNO2/c1-10-6-13(4-5-14(10)15)18-9-12(17)8-16-7-11-2-3-11/h4-6,11-12,16-17H,2-3,7-9H2,1H3. The molecule has 0 radical (unpaired) electrons. The van der Waals surface area contributed by atoms with Crippen molar-refractivity contribution in [3.63, 3.8) is 0 Å². The van der Waals surface area contributed by atoms with E-state index >= 15 is 0 Å². The molecule has 0 aromatic heterocycles. The van der Waals surface area contributed by atoms with Crippen LogP contribution in [0.15, 0.2) is 18.2 Å². The lowest BCUT2D eigenvalue weighted by Gasteiger charge is -2.13. The van der Waals surface area contributed by atoms with E-state index in [1.165, 1.54) is 12.8 Å². The lowest BCUT2D eigenvalue weighted by molar-refractivity contribution is 0.106. The van der Waals surface area contributed by atoms with Crippen molar-refractivity contribution in [2.45, 2.75) is 25.9 Å². The van der Waals surface area contributed by atoms with Gasteiger partial charge in [-0.25, -0.2) is 0 Å². The van der Waals surface area contributed by atoms with Gasteiger partial charge in [0.25, 0.3) is 0 Å². The summed E-state index contributed by atoms with van der Waals surface area (Å²) in [6.07, 6.45) is 2.17. The fourth-order valence-electron chi connectivity index (χ4n) is 1.73. The van der Waals surface area contributed by atoms with Crippen molar-refractivity contribution in [3.05, 3.63) is 28.8 Å². The van der Waals surface area contributed by atoms with Crippen LogP contribution in [0.2, 0.25) is 5.02 Å². The molecule has 0 spiro atoms. The molecule has 0 aliphatic heterocycles. The van der Waals surface area contributed by atoms with Crippen molar-refractivity contribution in [1.29, 1.82) is 0 Å². The minimum atomic E-state index is -0.472. The van der Waals surface area contributed by atoms with Crippen molar-refractivity contribution in [2.24, 2.45) is 5.92 Å². The van der Waals surface area contributed by atoms with E-state index in [-0.39, 0.29) is 0 Å². The zero-order chi connectivity index (χ0) is 13.0. The molecule has 4 heteroatoms. The molecular weight excluding hydrogens is 250 g/mol. The van der Waals surface area contributed by atoms with Crippen molar-refractivity contribution in [2.75, 3.05) is 19.7 Å². The highest BCUT2D eigenvalue weighted by molar-refractivity contribution is 6.31. The molecule has 3 nitrogen and oxygen atoms in total. The minimum absolute atomic E-state index is 0.304. The Labute approximate surface area is 113 Å². The van der Waals surface area contributed by atoms with Crippen LogP contribution in [0.1, 0.15) is 18.4 Å². The summed E-state index contributed by atoms with van der Waals surface area (Å²) in [5, 5.41) is 13.7. The van der Waals surface area contributed by atoms with Crippen LogP contribution in [-0.2, 0) is 0 Å². The molecule has 100 valence electrons. The van der Waals surface area contributed by atoms with E-state index in [2.05, 4.69) is 5.32 Å². The van der Waals surface area contributed by atoms with E-state index in [4.69, 9.17) is 16.3 Å². The van der Waals surface area contributed by atoms with Crippen LogP contribution in [-0.4, -0.2) is 30.9 Å². The Balaban J connectivity index is 1.67. The summed E-state index contributed by atoms with van der Waals surface area (Å²) in [5.74, 6) is 1.58. The zero-order valence-corrected chi connectivity index (χ0v) is 11.4. The number of benzene rings is 1. The van der Waals surface area contributed by atoms with Crippen LogP contribution >= 0.6 is 11.6 Å². The Morgan fingerprint density at radius 1 is 1.50 bits per heavy atom. The smallest absolute Gasteiger partial charge is 0.119 e. The summed E-state index contributed by atoms with van der Waals surface area (Å²) in [5.41, 5.74) is 0.982. The summed E-state index contributed by atoms with van der Waals surface area (Å²) >= 11 is 5.93. The summed E-state index contributed by atoms with van der Waals surface area (Å²) in [6.45, 7) is 3.84. The van der Waals surface area contributed by atoms with Crippen molar-refractivity contribution in [3.8, 4) is 5.75 Å². The van der Waals surface area contributed by atoms with Gasteiger partial charge in [-0.05, 0) is 56.0 Å². The number of hydrogen-bond acceptors (Lipinski definition) is 3. The Kier molecular flexibility index (Phi) is 4.87. The molecule has 1 aromatic carbocycles. The van der Waals surface area contributed by atoms with Crippen LogP contribution in [0.3, 0.4) is 0 Å². The molecule has 2 N–H and O–H groups in total. The maximum absolute atomic E-state index is 9.75. The van der Waals surface area contributed by atoms with Crippen LogP contribution in [0, 0.1) is 12.8 Å². The zero-order valence-electron chi connectivity index (χ0n) is 10.7. The monoisotopic (exact) mass is 269 g/mol. The highest BCUT2D eigenvalue weighted by atomic mass is 35.5. The average Bonchev–Trinajstić information content (AvgIpc) is 3.15. The Hall–Kier alpha value is -0.770. The fraction of sp³-hybridized carbons (Fsp3) is 0.571. The first-order chi connectivity index (χ1) is 8.65. The predicted molar refractivity (Wildman–Crippen MR) is 73.3 cm³/mol. The second-order valence-corrected chi connectivity index (χ2v) is 5.38. The maximum atomic E-state index is 9.75. The Bertz CT molecular complexity index is 393. The van der Waals surface area contributed by atoms with Crippen molar-refractivity contribution in [1.82, 2.24) is 5.32 Å². The van der Waals surface area contributed by atoms with E-state index < -0.39 is 6.10 Å². The van der Waals surface area contributed by atoms with Crippen LogP contribution in [0.5, 0.6) is 5.75 Å². The van der Waals surface area contributed by atoms with E-state index in [1.54, 1.807) is 0 Å². The molecule has 0 saturated heterocycles. The first-order valence-corrected chi connectivity index (χ1v) is 6.80. The van der Waals surface area contributed by atoms with Crippen LogP contribution in [0.25, 0.3) is 0 Å². The fourth-order valence-corrected chi connectivity index (χ4v) is 1.85. The minimum Gasteiger partial charge on any atom is -0.491 e. The van der Waals surface area contributed by atoms with Crippen molar-refractivity contribution < 1.29 is 9.84 Å². The summed E-state index contributed by atoms with van der Waals surface area (Å²) in [7, 11) is 0. The van der Waals surface area contributed by atoms with Gasteiger partial charge in [-0.15, -0.1) is 0 Å². The van der Waals surface area contributed by atoms with Gasteiger partial charge < -0.3 is 15.2 Å². The summed E-state index contributed by atoms with van der Waals surface area (Å²) in [6, 6.07) is 5.51. The molecule has 1 fully saturated rings. The number of hydrogen-bond donors (Lipinski definition) is 2. The van der Waals surface area contributed by atoms with Gasteiger partial charge in [0.15, 0.2) is 0 Å². The molecule has 1 saturated carbocycles. The topological polar surface area (TPSA) is 41.5 Å². The molecule has 0 heterocycles. The van der Waals surface area contributed by atoms with E-state index in [9.17, 15) is 5.11 Å². The molecule has 18 heavy (non-hydrogen) atoms. The lowest BCUT2D eigenvalue weighted by atomic mass is 10.2. The Morgan fingerprint density at radius 2 is 2.28 bits per heavy atom. The van der Waals surface area contributed by atoms with Gasteiger partial charge in [-0.2, -0.15) is 0 Å². The Morgan fingerprint density at radius 3 is 2.94 bits per heavy atom. The molecule has 2 rings (SSSR count). The second-order valence-electron chi connectivity index (χ2n) is 4.98. The highest BCUT2D eigenvalue weighted by Crippen LogP contribution is 2.27. The van der Waals surface area contributed by atoms with Crippen molar-refractivity contribution >= 4 is 11.6 Å². The van der Waals surface area contributed by atoms with Gasteiger partial charge in [-0.3, -0.25) is 0 Å².